The van der Waals surface area contributed by atoms with Gasteiger partial charge in [0.25, 0.3) is 0 Å². The second-order valence-corrected chi connectivity index (χ2v) is 4.96. The number of fused-ring (bicyclic) bond motifs is 2. The van der Waals surface area contributed by atoms with Crippen molar-refractivity contribution in [2.45, 2.75) is 0 Å². The van der Waals surface area contributed by atoms with Crippen LogP contribution >= 0.6 is 0 Å². The number of nitrogens with zero attached hydrogens (tertiary/aromatic N) is 1. The first-order chi connectivity index (χ1) is 10.6. The SMILES string of the molecule is O=C1C=CC(=O)c2cc(-n3c(=O)oc4ccccc43)ccc21. The second kappa shape index (κ2) is 4.39. The van der Waals surface area contributed by atoms with Gasteiger partial charge < -0.3 is 4.42 Å². The largest absolute Gasteiger partial charge is 0.424 e. The Labute approximate surface area is 124 Å². The molecule has 0 saturated carbocycles. The Morgan fingerprint density at radius 3 is 2.36 bits per heavy atom. The molecule has 0 radical (unpaired) electrons. The molecule has 0 spiro atoms. The molecule has 0 unspecified atom stereocenters. The highest BCUT2D eigenvalue weighted by molar-refractivity contribution is 6.22. The van der Waals surface area contributed by atoms with E-state index in [0.717, 1.165) is 0 Å². The quantitative estimate of drug-likeness (QED) is 0.690. The molecule has 0 N–H and O–H groups in total. The summed E-state index contributed by atoms with van der Waals surface area (Å²) < 4.78 is 6.57. The Hall–Kier alpha value is -3.21. The van der Waals surface area contributed by atoms with Crippen LogP contribution in [0.1, 0.15) is 20.7 Å². The van der Waals surface area contributed by atoms with E-state index in [1.165, 1.54) is 16.7 Å². The molecule has 0 fully saturated rings. The zero-order chi connectivity index (χ0) is 15.3. The maximum absolute atomic E-state index is 12.1. The van der Waals surface area contributed by atoms with Crippen LogP contribution in [0, 0.1) is 0 Å². The van der Waals surface area contributed by atoms with Crippen molar-refractivity contribution >= 4 is 22.7 Å². The number of rotatable bonds is 1. The van der Waals surface area contributed by atoms with Crippen molar-refractivity contribution in [1.29, 1.82) is 0 Å². The maximum Gasteiger partial charge on any atom is 0.424 e. The summed E-state index contributed by atoms with van der Waals surface area (Å²) in [7, 11) is 0. The molecule has 22 heavy (non-hydrogen) atoms. The normalized spacial score (nSPS) is 13.6. The van der Waals surface area contributed by atoms with Crippen LogP contribution in [-0.2, 0) is 0 Å². The molecule has 0 aliphatic heterocycles. The van der Waals surface area contributed by atoms with Gasteiger partial charge in [0, 0.05) is 11.1 Å². The van der Waals surface area contributed by atoms with Crippen LogP contribution in [0.5, 0.6) is 0 Å². The van der Waals surface area contributed by atoms with Gasteiger partial charge in [0.05, 0.1) is 11.2 Å². The van der Waals surface area contributed by atoms with Crippen LogP contribution in [0.3, 0.4) is 0 Å². The Morgan fingerprint density at radius 2 is 1.55 bits per heavy atom. The molecule has 1 aliphatic rings. The molecule has 0 amide bonds. The van der Waals surface area contributed by atoms with Crippen molar-refractivity contribution in [2.75, 3.05) is 0 Å². The van der Waals surface area contributed by atoms with Gasteiger partial charge in [-0.2, -0.15) is 0 Å². The van der Waals surface area contributed by atoms with Crippen molar-refractivity contribution in [3.63, 3.8) is 0 Å². The molecule has 5 heteroatoms. The first kappa shape index (κ1) is 12.5. The molecule has 5 nitrogen and oxygen atoms in total. The molecule has 0 bridgehead atoms. The zero-order valence-corrected chi connectivity index (χ0v) is 11.3. The van der Waals surface area contributed by atoms with E-state index in [1.54, 1.807) is 42.5 Å². The predicted molar refractivity (Wildman–Crippen MR) is 79.6 cm³/mol. The lowest BCUT2D eigenvalue weighted by Gasteiger charge is -2.11. The zero-order valence-electron chi connectivity index (χ0n) is 11.3. The summed E-state index contributed by atoms with van der Waals surface area (Å²) in [6.07, 6.45) is 2.49. The Balaban J connectivity index is 2.00. The molecule has 0 saturated heterocycles. The van der Waals surface area contributed by atoms with Crippen molar-refractivity contribution < 1.29 is 14.0 Å². The van der Waals surface area contributed by atoms with E-state index >= 15 is 0 Å². The number of allylic oxidation sites excluding steroid dienone is 2. The van der Waals surface area contributed by atoms with E-state index < -0.39 is 5.76 Å². The summed E-state index contributed by atoms with van der Waals surface area (Å²) >= 11 is 0. The molecule has 1 heterocycles. The number of para-hydroxylation sites is 2. The molecule has 3 aromatic rings. The van der Waals surface area contributed by atoms with Gasteiger partial charge in [-0.1, -0.05) is 12.1 Å². The molecular weight excluding hydrogens is 282 g/mol. The third-order valence-corrected chi connectivity index (χ3v) is 3.66. The van der Waals surface area contributed by atoms with E-state index in [9.17, 15) is 14.4 Å². The highest BCUT2D eigenvalue weighted by atomic mass is 16.4. The van der Waals surface area contributed by atoms with Crippen molar-refractivity contribution in [3.8, 4) is 5.69 Å². The lowest BCUT2D eigenvalue weighted by Crippen LogP contribution is -2.15. The van der Waals surface area contributed by atoms with Gasteiger partial charge in [0.15, 0.2) is 17.1 Å². The lowest BCUT2D eigenvalue weighted by molar-refractivity contribution is 0.0994. The molecule has 106 valence electrons. The summed E-state index contributed by atoms with van der Waals surface area (Å²) in [6.45, 7) is 0. The fourth-order valence-corrected chi connectivity index (χ4v) is 2.63. The Kier molecular flexibility index (Phi) is 2.50. The van der Waals surface area contributed by atoms with Crippen molar-refractivity contribution in [3.05, 3.63) is 76.3 Å². The highest BCUT2D eigenvalue weighted by Gasteiger charge is 2.20. The van der Waals surface area contributed by atoms with Crippen molar-refractivity contribution in [1.82, 2.24) is 4.57 Å². The number of hydrogen-bond donors (Lipinski definition) is 0. The van der Waals surface area contributed by atoms with Crippen molar-refractivity contribution in [2.24, 2.45) is 0 Å². The average Bonchev–Trinajstić information content (AvgIpc) is 2.86. The molecular formula is C17H9NO4. The average molecular weight is 291 g/mol. The fraction of sp³-hybridized carbons (Fsp3) is 0. The summed E-state index contributed by atoms with van der Waals surface area (Å²) in [5.74, 6) is -1.01. The first-order valence-electron chi connectivity index (χ1n) is 6.67. The van der Waals surface area contributed by atoms with Crippen LogP contribution in [0.4, 0.5) is 0 Å². The van der Waals surface area contributed by atoms with Gasteiger partial charge in [-0.05, 0) is 42.5 Å². The van der Waals surface area contributed by atoms with Gasteiger partial charge >= 0.3 is 5.76 Å². The number of carbonyl (C=O) groups is 2. The number of carbonyl (C=O) groups excluding carboxylic acids is 2. The standard InChI is InChI=1S/C17H9NO4/c19-14-7-8-15(20)12-9-10(5-6-11(12)14)18-13-3-1-2-4-16(13)22-17(18)21/h1-9H. The lowest BCUT2D eigenvalue weighted by atomic mass is 9.94. The molecule has 0 atom stereocenters. The second-order valence-electron chi connectivity index (χ2n) is 4.96. The molecule has 1 aromatic heterocycles. The Bertz CT molecular complexity index is 1040. The van der Waals surface area contributed by atoms with Gasteiger partial charge in [-0.3, -0.25) is 9.59 Å². The van der Waals surface area contributed by atoms with Crippen LogP contribution in [0.25, 0.3) is 16.8 Å². The predicted octanol–water partition coefficient (Wildman–Crippen LogP) is 2.52. The fourth-order valence-electron chi connectivity index (χ4n) is 2.63. The number of aromatic nitrogens is 1. The van der Waals surface area contributed by atoms with E-state index in [0.29, 0.717) is 27.9 Å². The van der Waals surface area contributed by atoms with Crippen LogP contribution < -0.4 is 5.76 Å². The minimum absolute atomic E-state index is 0.217. The van der Waals surface area contributed by atoms with Gasteiger partial charge in [-0.15, -0.1) is 0 Å². The monoisotopic (exact) mass is 291 g/mol. The third-order valence-electron chi connectivity index (χ3n) is 3.66. The summed E-state index contributed by atoms with van der Waals surface area (Å²) in [5, 5.41) is 0. The topological polar surface area (TPSA) is 69.3 Å². The van der Waals surface area contributed by atoms with Crippen LogP contribution in [0.2, 0.25) is 0 Å². The smallest absolute Gasteiger partial charge is 0.407 e. The summed E-state index contributed by atoms with van der Waals surface area (Å²) in [5.41, 5.74) is 2.20. The molecule has 2 aromatic carbocycles. The van der Waals surface area contributed by atoms with E-state index in [2.05, 4.69) is 0 Å². The summed E-state index contributed by atoms with van der Waals surface area (Å²) in [6, 6.07) is 11.8. The number of ketones is 2. The van der Waals surface area contributed by atoms with Crippen LogP contribution in [-0.4, -0.2) is 16.1 Å². The third kappa shape index (κ3) is 1.69. The molecule has 4 rings (SSSR count). The first-order valence-corrected chi connectivity index (χ1v) is 6.67. The number of oxazole rings is 1. The Morgan fingerprint density at radius 1 is 0.818 bits per heavy atom. The van der Waals surface area contributed by atoms with Gasteiger partial charge in [0.1, 0.15) is 0 Å². The maximum atomic E-state index is 12.1. The minimum Gasteiger partial charge on any atom is -0.407 e. The van der Waals surface area contributed by atoms with Crippen LogP contribution in [0.15, 0.2) is 63.8 Å². The van der Waals surface area contributed by atoms with Gasteiger partial charge in [-0.25, -0.2) is 9.36 Å². The number of benzene rings is 2. The number of hydrogen-bond acceptors (Lipinski definition) is 4. The van der Waals surface area contributed by atoms with E-state index in [-0.39, 0.29) is 11.6 Å². The summed E-state index contributed by atoms with van der Waals surface area (Å²) in [4.78, 5) is 35.8. The highest BCUT2D eigenvalue weighted by Crippen LogP contribution is 2.23. The minimum atomic E-state index is -0.536. The van der Waals surface area contributed by atoms with E-state index in [1.807, 2.05) is 0 Å². The van der Waals surface area contributed by atoms with E-state index in [4.69, 9.17) is 4.42 Å². The molecule has 1 aliphatic carbocycles. The van der Waals surface area contributed by atoms with Gasteiger partial charge in [0.2, 0.25) is 0 Å².